The van der Waals surface area contributed by atoms with Gasteiger partial charge in [-0.25, -0.2) is 0 Å². The maximum atomic E-state index is 11.7. The van der Waals surface area contributed by atoms with Crippen molar-refractivity contribution >= 4 is 17.7 Å². The van der Waals surface area contributed by atoms with Gasteiger partial charge in [0.15, 0.2) is 0 Å². The van der Waals surface area contributed by atoms with Gasteiger partial charge >= 0.3 is 0 Å². The third-order valence-electron chi connectivity index (χ3n) is 2.45. The van der Waals surface area contributed by atoms with Crippen molar-refractivity contribution in [3.05, 3.63) is 35.4 Å². The van der Waals surface area contributed by atoms with Crippen molar-refractivity contribution in [3.8, 4) is 0 Å². The molecule has 0 aliphatic rings. The van der Waals surface area contributed by atoms with Gasteiger partial charge in [-0.1, -0.05) is 45.0 Å². The number of hydrogen-bond acceptors (Lipinski definition) is 3. The molecule has 0 bridgehead atoms. The van der Waals surface area contributed by atoms with Crippen LogP contribution in [0.3, 0.4) is 0 Å². The van der Waals surface area contributed by atoms with Gasteiger partial charge in [0, 0.05) is 17.8 Å². The summed E-state index contributed by atoms with van der Waals surface area (Å²) in [5.74, 6) is 0.565. The van der Waals surface area contributed by atoms with Gasteiger partial charge < -0.3 is 11.1 Å². The Kier molecular flexibility index (Phi) is 5.69. The SMILES string of the molecule is CC(C)(C)SCC(=O)NCc1ccccc1CN. The molecule has 0 aliphatic heterocycles. The predicted octanol–water partition coefficient (Wildman–Crippen LogP) is 2.29. The van der Waals surface area contributed by atoms with Crippen LogP contribution in [0.4, 0.5) is 0 Å². The fraction of sp³-hybridized carbons (Fsp3) is 0.500. The van der Waals surface area contributed by atoms with Gasteiger partial charge in [0.2, 0.25) is 5.91 Å². The molecule has 0 heterocycles. The Morgan fingerprint density at radius 1 is 1.28 bits per heavy atom. The second-order valence-corrected chi connectivity index (χ2v) is 6.95. The van der Waals surface area contributed by atoms with Crippen molar-refractivity contribution in [1.29, 1.82) is 0 Å². The van der Waals surface area contributed by atoms with E-state index in [4.69, 9.17) is 5.73 Å². The Hall–Kier alpha value is -1.00. The zero-order chi connectivity index (χ0) is 13.6. The van der Waals surface area contributed by atoms with E-state index < -0.39 is 0 Å². The van der Waals surface area contributed by atoms with E-state index in [0.717, 1.165) is 11.1 Å². The lowest BCUT2D eigenvalue weighted by atomic mass is 10.1. The molecular formula is C14H22N2OS. The Morgan fingerprint density at radius 3 is 2.44 bits per heavy atom. The predicted molar refractivity (Wildman–Crippen MR) is 78.4 cm³/mol. The van der Waals surface area contributed by atoms with E-state index in [2.05, 4.69) is 26.1 Å². The third kappa shape index (κ3) is 5.56. The van der Waals surface area contributed by atoms with Crippen molar-refractivity contribution in [3.63, 3.8) is 0 Å². The van der Waals surface area contributed by atoms with E-state index in [-0.39, 0.29) is 10.7 Å². The van der Waals surface area contributed by atoms with Gasteiger partial charge in [0.05, 0.1) is 5.75 Å². The van der Waals surface area contributed by atoms with Crippen LogP contribution in [0.25, 0.3) is 0 Å². The van der Waals surface area contributed by atoms with Crippen LogP contribution in [0, 0.1) is 0 Å². The van der Waals surface area contributed by atoms with E-state index >= 15 is 0 Å². The Bertz CT molecular complexity index is 399. The van der Waals surface area contributed by atoms with Crippen LogP contribution < -0.4 is 11.1 Å². The van der Waals surface area contributed by atoms with Crippen LogP contribution >= 0.6 is 11.8 Å². The number of hydrogen-bond donors (Lipinski definition) is 2. The molecule has 18 heavy (non-hydrogen) atoms. The highest BCUT2D eigenvalue weighted by Gasteiger charge is 2.13. The summed E-state index contributed by atoms with van der Waals surface area (Å²) in [4.78, 5) is 11.7. The number of thioether (sulfide) groups is 1. The van der Waals surface area contributed by atoms with Crippen molar-refractivity contribution < 1.29 is 4.79 Å². The lowest BCUT2D eigenvalue weighted by Crippen LogP contribution is -2.27. The molecule has 0 atom stereocenters. The van der Waals surface area contributed by atoms with Crippen LogP contribution in [-0.4, -0.2) is 16.4 Å². The minimum atomic E-state index is 0.0711. The van der Waals surface area contributed by atoms with Gasteiger partial charge in [-0.15, -0.1) is 11.8 Å². The quantitative estimate of drug-likeness (QED) is 0.860. The fourth-order valence-electron chi connectivity index (χ4n) is 1.46. The molecule has 0 spiro atoms. The number of carbonyl (C=O) groups excluding carboxylic acids is 1. The van der Waals surface area contributed by atoms with Crippen LogP contribution in [0.2, 0.25) is 0 Å². The molecule has 1 rings (SSSR count). The molecule has 0 unspecified atom stereocenters. The minimum absolute atomic E-state index is 0.0711. The van der Waals surface area contributed by atoms with Crippen LogP contribution in [0.15, 0.2) is 24.3 Å². The second kappa shape index (κ2) is 6.81. The number of nitrogens with one attached hydrogen (secondary N) is 1. The molecule has 1 amide bonds. The summed E-state index contributed by atoms with van der Waals surface area (Å²) in [6.07, 6.45) is 0. The molecular weight excluding hydrogens is 244 g/mol. The topological polar surface area (TPSA) is 55.1 Å². The lowest BCUT2D eigenvalue weighted by molar-refractivity contribution is -0.118. The standard InChI is InChI=1S/C14H22N2OS/c1-14(2,3)18-10-13(17)16-9-12-7-5-4-6-11(12)8-15/h4-7H,8-10,15H2,1-3H3,(H,16,17). The van der Waals surface area contributed by atoms with E-state index in [1.165, 1.54) is 0 Å². The largest absolute Gasteiger partial charge is 0.351 e. The summed E-state index contributed by atoms with van der Waals surface area (Å²) in [5, 5.41) is 2.93. The molecule has 0 aliphatic carbocycles. The zero-order valence-corrected chi connectivity index (χ0v) is 12.1. The smallest absolute Gasteiger partial charge is 0.230 e. The number of nitrogens with two attached hydrogens (primary N) is 1. The number of benzene rings is 1. The average molecular weight is 266 g/mol. The van der Waals surface area contributed by atoms with Gasteiger partial charge in [0.1, 0.15) is 0 Å². The highest BCUT2D eigenvalue weighted by molar-refractivity contribution is 8.01. The summed E-state index contributed by atoms with van der Waals surface area (Å²) in [6.45, 7) is 7.37. The first-order valence-electron chi connectivity index (χ1n) is 6.10. The first kappa shape index (κ1) is 15.1. The van der Waals surface area contributed by atoms with Crippen molar-refractivity contribution in [1.82, 2.24) is 5.32 Å². The number of carbonyl (C=O) groups is 1. The molecule has 1 aromatic carbocycles. The Balaban J connectivity index is 2.43. The van der Waals surface area contributed by atoms with Gasteiger partial charge in [0.25, 0.3) is 0 Å². The molecule has 0 aromatic heterocycles. The Morgan fingerprint density at radius 2 is 1.89 bits per heavy atom. The van der Waals surface area contributed by atoms with E-state index in [1.54, 1.807) is 11.8 Å². The maximum Gasteiger partial charge on any atom is 0.230 e. The summed E-state index contributed by atoms with van der Waals surface area (Å²) in [7, 11) is 0. The van der Waals surface area contributed by atoms with E-state index in [1.807, 2.05) is 24.3 Å². The second-order valence-electron chi connectivity index (χ2n) is 5.15. The van der Waals surface area contributed by atoms with Gasteiger partial charge in [-0.05, 0) is 11.1 Å². The normalized spacial score (nSPS) is 11.3. The summed E-state index contributed by atoms with van der Waals surface area (Å²) < 4.78 is 0.118. The van der Waals surface area contributed by atoms with Crippen LogP contribution in [0.1, 0.15) is 31.9 Å². The zero-order valence-electron chi connectivity index (χ0n) is 11.3. The molecule has 4 heteroatoms. The summed E-state index contributed by atoms with van der Waals surface area (Å²) in [5.41, 5.74) is 7.83. The number of amides is 1. The van der Waals surface area contributed by atoms with E-state index in [9.17, 15) is 4.79 Å². The van der Waals surface area contributed by atoms with Crippen molar-refractivity contribution in [2.24, 2.45) is 5.73 Å². The van der Waals surface area contributed by atoms with Crippen LogP contribution in [-0.2, 0) is 17.9 Å². The molecule has 0 fully saturated rings. The highest BCUT2D eigenvalue weighted by Crippen LogP contribution is 2.22. The minimum Gasteiger partial charge on any atom is -0.351 e. The average Bonchev–Trinajstić information content (AvgIpc) is 2.33. The summed E-state index contributed by atoms with van der Waals surface area (Å²) >= 11 is 1.65. The first-order valence-corrected chi connectivity index (χ1v) is 7.08. The molecule has 0 saturated heterocycles. The van der Waals surface area contributed by atoms with Crippen LogP contribution in [0.5, 0.6) is 0 Å². The highest BCUT2D eigenvalue weighted by atomic mass is 32.2. The molecule has 0 saturated carbocycles. The monoisotopic (exact) mass is 266 g/mol. The Labute approximate surface area is 114 Å². The molecule has 3 nitrogen and oxygen atoms in total. The third-order valence-corrected chi connectivity index (χ3v) is 3.72. The van der Waals surface area contributed by atoms with Gasteiger partial charge in [-0.3, -0.25) is 4.79 Å². The maximum absolute atomic E-state index is 11.7. The summed E-state index contributed by atoms with van der Waals surface area (Å²) in [6, 6.07) is 7.91. The molecule has 100 valence electrons. The fourth-order valence-corrected chi connectivity index (χ4v) is 2.12. The van der Waals surface area contributed by atoms with Crippen molar-refractivity contribution in [2.45, 2.75) is 38.6 Å². The van der Waals surface area contributed by atoms with Crippen molar-refractivity contribution in [2.75, 3.05) is 5.75 Å². The molecule has 3 N–H and O–H groups in total. The van der Waals surface area contributed by atoms with E-state index in [0.29, 0.717) is 18.8 Å². The van der Waals surface area contributed by atoms with Gasteiger partial charge in [-0.2, -0.15) is 0 Å². The molecule has 0 radical (unpaired) electrons. The number of rotatable bonds is 5. The first-order chi connectivity index (χ1) is 8.42. The molecule has 1 aromatic rings. The lowest BCUT2D eigenvalue weighted by Gasteiger charge is -2.17.